The predicted octanol–water partition coefficient (Wildman–Crippen LogP) is 2.67. The van der Waals surface area contributed by atoms with Gasteiger partial charge in [0.2, 0.25) is 5.91 Å². The summed E-state index contributed by atoms with van der Waals surface area (Å²) >= 11 is 1.19. The number of rotatable bonds is 6. The van der Waals surface area contributed by atoms with Crippen LogP contribution in [0.3, 0.4) is 0 Å². The molecule has 0 aliphatic rings. The minimum absolute atomic E-state index is 0.0362. The van der Waals surface area contributed by atoms with Crippen LogP contribution in [-0.4, -0.2) is 23.7 Å². The van der Waals surface area contributed by atoms with E-state index in [2.05, 4.69) is 10.9 Å². The van der Waals surface area contributed by atoms with Gasteiger partial charge in [-0.3, -0.25) is 20.4 Å². The molecule has 0 unspecified atom stereocenters. The van der Waals surface area contributed by atoms with Crippen molar-refractivity contribution >= 4 is 23.6 Å². The maximum Gasteiger partial charge on any atom is 0.279 e. The molecule has 25 heavy (non-hydrogen) atoms. The molecule has 132 valence electrons. The summed E-state index contributed by atoms with van der Waals surface area (Å²) < 4.78 is 31.4. The van der Waals surface area contributed by atoms with Gasteiger partial charge in [-0.15, -0.1) is 11.8 Å². The maximum atomic E-state index is 13.5. The molecule has 2 aromatic rings. The van der Waals surface area contributed by atoms with Crippen LogP contribution in [0.5, 0.6) is 5.75 Å². The van der Waals surface area contributed by atoms with Crippen LogP contribution in [0.15, 0.2) is 53.4 Å². The van der Waals surface area contributed by atoms with Gasteiger partial charge in [0.05, 0.1) is 5.75 Å². The van der Waals surface area contributed by atoms with Crippen molar-refractivity contribution in [3.8, 4) is 5.75 Å². The van der Waals surface area contributed by atoms with Gasteiger partial charge >= 0.3 is 0 Å². The van der Waals surface area contributed by atoms with E-state index < -0.39 is 23.7 Å². The zero-order valence-corrected chi connectivity index (χ0v) is 14.1. The lowest BCUT2D eigenvalue weighted by Gasteiger charge is -2.15. The normalized spacial score (nSPS) is 11.5. The predicted molar refractivity (Wildman–Crippen MR) is 89.9 cm³/mol. The Kier molecular flexibility index (Phi) is 6.76. The fourth-order valence-corrected chi connectivity index (χ4v) is 2.43. The molecular weight excluding hydrogens is 350 g/mol. The van der Waals surface area contributed by atoms with Crippen molar-refractivity contribution in [2.45, 2.75) is 17.9 Å². The molecule has 0 saturated heterocycles. The third-order valence-electron chi connectivity index (χ3n) is 3.02. The zero-order chi connectivity index (χ0) is 18.2. The molecular formula is C17H16F2N2O3S. The number of thioether (sulfide) groups is 1. The van der Waals surface area contributed by atoms with Gasteiger partial charge in [0.1, 0.15) is 5.82 Å². The van der Waals surface area contributed by atoms with E-state index >= 15 is 0 Å². The highest BCUT2D eigenvalue weighted by Crippen LogP contribution is 2.18. The van der Waals surface area contributed by atoms with E-state index in [1.54, 1.807) is 18.2 Å². The van der Waals surface area contributed by atoms with E-state index in [1.165, 1.54) is 49.0 Å². The number of hydrogen-bond donors (Lipinski definition) is 2. The summed E-state index contributed by atoms with van der Waals surface area (Å²) in [6, 6.07) is 11.4. The van der Waals surface area contributed by atoms with Crippen molar-refractivity contribution in [1.29, 1.82) is 0 Å². The smallest absolute Gasteiger partial charge is 0.279 e. The van der Waals surface area contributed by atoms with Crippen molar-refractivity contribution in [1.82, 2.24) is 10.9 Å². The standard InChI is InChI=1S/C17H16F2N2O3S/c1-11(24-15-5-3-2-4-14(15)19)17(23)21-20-16(22)10-25-13-8-6-12(18)7-9-13/h2-9,11H,10H2,1H3,(H,20,22)(H,21,23)/t11-/m0/s1. The summed E-state index contributed by atoms with van der Waals surface area (Å²) in [5.41, 5.74) is 4.45. The minimum Gasteiger partial charge on any atom is -0.478 e. The molecule has 1 atom stereocenters. The quantitative estimate of drug-likeness (QED) is 0.609. The first-order valence-corrected chi connectivity index (χ1v) is 8.32. The average molecular weight is 366 g/mol. The van der Waals surface area contributed by atoms with Gasteiger partial charge in [-0.1, -0.05) is 12.1 Å². The Hall–Kier alpha value is -2.61. The van der Waals surface area contributed by atoms with E-state index in [1.807, 2.05) is 0 Å². The molecule has 0 saturated carbocycles. The largest absolute Gasteiger partial charge is 0.478 e. The first-order chi connectivity index (χ1) is 12.0. The molecule has 5 nitrogen and oxygen atoms in total. The second-order valence-electron chi connectivity index (χ2n) is 4.97. The number of halogens is 2. The Balaban J connectivity index is 1.74. The van der Waals surface area contributed by atoms with Crippen LogP contribution >= 0.6 is 11.8 Å². The fourth-order valence-electron chi connectivity index (χ4n) is 1.73. The van der Waals surface area contributed by atoms with Crippen molar-refractivity contribution < 1.29 is 23.1 Å². The number of hydrazine groups is 1. The number of amides is 2. The van der Waals surface area contributed by atoms with Crippen LogP contribution < -0.4 is 15.6 Å². The first kappa shape index (κ1) is 18.7. The van der Waals surface area contributed by atoms with Gasteiger partial charge < -0.3 is 4.74 Å². The molecule has 2 amide bonds. The molecule has 0 aliphatic heterocycles. The molecule has 2 aromatic carbocycles. The van der Waals surface area contributed by atoms with Crippen molar-refractivity contribution in [3.05, 3.63) is 60.2 Å². The Morgan fingerprint density at radius 3 is 2.44 bits per heavy atom. The topological polar surface area (TPSA) is 67.4 Å². The maximum absolute atomic E-state index is 13.5. The molecule has 0 radical (unpaired) electrons. The van der Waals surface area contributed by atoms with E-state index in [-0.39, 0.29) is 17.3 Å². The first-order valence-electron chi connectivity index (χ1n) is 7.34. The number of ether oxygens (including phenoxy) is 1. The van der Waals surface area contributed by atoms with Gasteiger partial charge in [-0.2, -0.15) is 0 Å². The van der Waals surface area contributed by atoms with Gasteiger partial charge in [0.25, 0.3) is 5.91 Å². The Bertz CT molecular complexity index is 741. The van der Waals surface area contributed by atoms with Gasteiger partial charge in [0.15, 0.2) is 17.7 Å². The molecule has 8 heteroatoms. The number of nitrogens with one attached hydrogen (secondary N) is 2. The number of carbonyl (C=O) groups is 2. The lowest BCUT2D eigenvalue weighted by atomic mass is 10.3. The van der Waals surface area contributed by atoms with Gasteiger partial charge in [-0.25, -0.2) is 8.78 Å². The molecule has 0 heterocycles. The van der Waals surface area contributed by atoms with Crippen LogP contribution in [-0.2, 0) is 9.59 Å². The second-order valence-corrected chi connectivity index (χ2v) is 6.02. The monoisotopic (exact) mass is 366 g/mol. The lowest BCUT2D eigenvalue weighted by molar-refractivity contribution is -0.132. The summed E-state index contributed by atoms with van der Waals surface area (Å²) in [5, 5.41) is 0. The highest BCUT2D eigenvalue weighted by atomic mass is 32.2. The molecule has 0 spiro atoms. The van der Waals surface area contributed by atoms with Crippen molar-refractivity contribution in [2.75, 3.05) is 5.75 Å². The summed E-state index contributed by atoms with van der Waals surface area (Å²) in [6.45, 7) is 1.43. The van der Waals surface area contributed by atoms with Gasteiger partial charge in [0, 0.05) is 4.90 Å². The number of para-hydroxylation sites is 1. The number of hydrogen-bond acceptors (Lipinski definition) is 4. The number of carbonyl (C=O) groups excluding carboxylic acids is 2. The zero-order valence-electron chi connectivity index (χ0n) is 13.3. The highest BCUT2D eigenvalue weighted by molar-refractivity contribution is 8.00. The Morgan fingerprint density at radius 2 is 1.76 bits per heavy atom. The third kappa shape index (κ3) is 6.07. The SMILES string of the molecule is C[C@H](Oc1ccccc1F)C(=O)NNC(=O)CSc1ccc(F)cc1. The Morgan fingerprint density at radius 1 is 1.08 bits per heavy atom. The van der Waals surface area contributed by atoms with Gasteiger partial charge in [-0.05, 0) is 43.3 Å². The molecule has 0 fully saturated rings. The van der Waals surface area contributed by atoms with Crippen LogP contribution in [0.1, 0.15) is 6.92 Å². The fraction of sp³-hybridized carbons (Fsp3) is 0.176. The molecule has 0 bridgehead atoms. The second kappa shape index (κ2) is 9.03. The molecule has 2 rings (SSSR count). The summed E-state index contributed by atoms with van der Waals surface area (Å²) in [5.74, 6) is -2.02. The summed E-state index contributed by atoms with van der Waals surface area (Å²) in [6.07, 6.45) is -0.998. The lowest BCUT2D eigenvalue weighted by Crippen LogP contribution is -2.47. The van der Waals surface area contributed by atoms with Crippen molar-refractivity contribution in [3.63, 3.8) is 0 Å². The van der Waals surface area contributed by atoms with E-state index in [9.17, 15) is 18.4 Å². The Labute approximate surface area is 147 Å². The molecule has 0 aliphatic carbocycles. The van der Waals surface area contributed by atoms with E-state index in [0.717, 1.165) is 4.90 Å². The third-order valence-corrected chi connectivity index (χ3v) is 4.03. The van der Waals surface area contributed by atoms with Crippen molar-refractivity contribution in [2.24, 2.45) is 0 Å². The summed E-state index contributed by atoms with van der Waals surface area (Å²) in [7, 11) is 0. The highest BCUT2D eigenvalue weighted by Gasteiger charge is 2.17. The van der Waals surface area contributed by atoms with Crippen LogP contribution in [0.4, 0.5) is 8.78 Å². The average Bonchev–Trinajstić information content (AvgIpc) is 2.61. The van der Waals surface area contributed by atoms with Crippen LogP contribution in [0.2, 0.25) is 0 Å². The molecule has 2 N–H and O–H groups in total. The van der Waals surface area contributed by atoms with E-state index in [0.29, 0.717) is 0 Å². The molecule has 0 aromatic heterocycles. The minimum atomic E-state index is -0.998. The van der Waals surface area contributed by atoms with E-state index in [4.69, 9.17) is 4.74 Å². The van der Waals surface area contributed by atoms with Crippen LogP contribution in [0.25, 0.3) is 0 Å². The summed E-state index contributed by atoms with van der Waals surface area (Å²) in [4.78, 5) is 24.3. The number of benzene rings is 2. The van der Waals surface area contributed by atoms with Crippen LogP contribution in [0, 0.1) is 11.6 Å².